The molecule has 1 amide bonds. The Bertz CT molecular complexity index is 1150. The van der Waals surface area contributed by atoms with E-state index in [-0.39, 0.29) is 12.8 Å². The fourth-order valence-corrected chi connectivity index (χ4v) is 9.56. The molecule has 1 aliphatic carbocycles. The van der Waals surface area contributed by atoms with Crippen molar-refractivity contribution in [1.29, 1.82) is 0 Å². The maximum atomic E-state index is 13.0. The minimum absolute atomic E-state index is 0.229. The van der Waals surface area contributed by atoms with Crippen molar-refractivity contribution < 1.29 is 59.0 Å². The predicted octanol–water partition coefficient (Wildman–Crippen LogP) is 9.76. The van der Waals surface area contributed by atoms with Gasteiger partial charge in [0, 0.05) is 0 Å². The molecule has 0 aliphatic heterocycles. The number of carbonyl (C=O) groups is 1. The number of carbonyl (C=O) groups excluding carboxylic acids is 1. The summed E-state index contributed by atoms with van der Waals surface area (Å²) in [5.41, 5.74) is 0. The molecule has 0 spiro atoms. The van der Waals surface area contributed by atoms with Gasteiger partial charge in [0.2, 0.25) is 5.91 Å². The largest absolute Gasteiger partial charge is 0.472 e. The second kappa shape index (κ2) is 40.0. The molecule has 0 aromatic rings. The monoisotopic (exact) mass is 936 g/mol. The first-order chi connectivity index (χ1) is 30.8. The van der Waals surface area contributed by atoms with Crippen LogP contribution in [0.4, 0.5) is 0 Å². The summed E-state index contributed by atoms with van der Waals surface area (Å²) in [6.07, 6.45) is 29.7. The number of phosphoric acid groups is 1. The van der Waals surface area contributed by atoms with E-state index < -0.39 is 75.2 Å². The third-order valence-corrected chi connectivity index (χ3v) is 13.9. The number of aliphatic hydroxyl groups is 7. The Kier molecular flexibility index (Phi) is 38.1. The first-order valence-corrected chi connectivity index (χ1v) is 27.7. The van der Waals surface area contributed by atoms with Crippen LogP contribution in [0.1, 0.15) is 239 Å². The van der Waals surface area contributed by atoms with Crippen LogP contribution < -0.4 is 5.32 Å². The van der Waals surface area contributed by atoms with Gasteiger partial charge in [0.15, 0.2) is 0 Å². The van der Waals surface area contributed by atoms with E-state index in [0.29, 0.717) is 12.8 Å². The number of aliphatic hydroxyl groups excluding tert-OH is 7. The zero-order chi connectivity index (χ0) is 47.3. The van der Waals surface area contributed by atoms with Gasteiger partial charge < -0.3 is 46.0 Å². The molecule has 8 atom stereocenters. The zero-order valence-electron chi connectivity index (χ0n) is 40.5. The molecule has 380 valence electrons. The molecule has 0 radical (unpaired) electrons. The molecule has 9 N–H and O–H groups in total. The number of amides is 1. The molecule has 1 fully saturated rings. The van der Waals surface area contributed by atoms with Crippen molar-refractivity contribution in [1.82, 2.24) is 5.32 Å². The van der Waals surface area contributed by atoms with E-state index in [2.05, 4.69) is 31.3 Å². The Morgan fingerprint density at radius 1 is 0.531 bits per heavy atom. The lowest BCUT2D eigenvalue weighted by Crippen LogP contribution is -2.64. The molecule has 0 aromatic carbocycles. The number of allylic oxidation sites excluding steroid dienone is 2. The van der Waals surface area contributed by atoms with Crippen LogP contribution in [0.15, 0.2) is 12.2 Å². The fourth-order valence-electron chi connectivity index (χ4n) is 8.59. The van der Waals surface area contributed by atoms with Gasteiger partial charge in [0.1, 0.15) is 36.6 Å². The average Bonchev–Trinajstić information content (AvgIpc) is 3.27. The summed E-state index contributed by atoms with van der Waals surface area (Å²) in [4.78, 5) is 23.5. The summed E-state index contributed by atoms with van der Waals surface area (Å²) in [6, 6.07) is -1.16. The van der Waals surface area contributed by atoms with Gasteiger partial charge in [-0.15, -0.1) is 0 Å². The highest BCUT2D eigenvalue weighted by Crippen LogP contribution is 2.47. The van der Waals surface area contributed by atoms with Crippen LogP contribution in [0.25, 0.3) is 0 Å². The van der Waals surface area contributed by atoms with Gasteiger partial charge in [-0.1, -0.05) is 206 Å². The smallest absolute Gasteiger partial charge is 0.393 e. The van der Waals surface area contributed by atoms with E-state index in [1.165, 1.54) is 141 Å². The van der Waals surface area contributed by atoms with E-state index in [9.17, 15) is 50.0 Å². The maximum absolute atomic E-state index is 13.0. The lowest BCUT2D eigenvalue weighted by atomic mass is 9.85. The quantitative estimate of drug-likeness (QED) is 0.0158. The van der Waals surface area contributed by atoms with Gasteiger partial charge in [-0.3, -0.25) is 13.8 Å². The molecule has 1 rings (SSSR count). The summed E-state index contributed by atoms with van der Waals surface area (Å²) < 4.78 is 23.0. The lowest BCUT2D eigenvalue weighted by molar-refractivity contribution is -0.220. The van der Waals surface area contributed by atoms with E-state index in [1.54, 1.807) is 0 Å². The Balaban J connectivity index is 2.46. The standard InChI is InChI=1S/C50H98NO12P/c1-3-5-7-9-11-13-15-17-19-20-21-22-23-24-26-28-30-32-34-36-38-43(53)42(40-62-64(60,61)63-50-48(58)46(56)45(55)47(57)49(50)59)51-44(54)39-41(52)37-35-33-31-29-27-25-18-16-14-12-10-8-6-4-2/h25,27,41-43,45-50,52-53,55-59H,3-24,26,28-40H2,1-2H3,(H,51,54)(H,60,61)/b27-25-. The van der Waals surface area contributed by atoms with Crippen molar-refractivity contribution in [2.75, 3.05) is 6.61 Å². The van der Waals surface area contributed by atoms with Crippen LogP contribution in [-0.2, 0) is 18.4 Å². The van der Waals surface area contributed by atoms with Crippen LogP contribution in [0.3, 0.4) is 0 Å². The Morgan fingerprint density at radius 3 is 1.30 bits per heavy atom. The number of hydrogen-bond acceptors (Lipinski definition) is 11. The SMILES string of the molecule is CCCCCCCCC/C=C\CCCCCC(O)CC(=O)NC(COP(=O)(O)OC1C(O)C(O)C(O)C(O)C1O)C(O)CCCCCCCCCCCCCCCCCCCCCC. The van der Waals surface area contributed by atoms with Gasteiger partial charge in [0.05, 0.1) is 31.3 Å². The minimum Gasteiger partial charge on any atom is -0.393 e. The lowest BCUT2D eigenvalue weighted by Gasteiger charge is -2.41. The molecule has 1 aliphatic rings. The average molecular weight is 936 g/mol. The van der Waals surface area contributed by atoms with Crippen molar-refractivity contribution >= 4 is 13.7 Å². The second-order valence-corrected chi connectivity index (χ2v) is 20.3. The van der Waals surface area contributed by atoms with Crippen LogP contribution >= 0.6 is 7.82 Å². The van der Waals surface area contributed by atoms with Crippen molar-refractivity contribution in [2.24, 2.45) is 0 Å². The summed E-state index contributed by atoms with van der Waals surface area (Å²) >= 11 is 0. The third kappa shape index (κ3) is 31.2. The summed E-state index contributed by atoms with van der Waals surface area (Å²) in [5.74, 6) is -0.566. The molecular weight excluding hydrogens is 838 g/mol. The van der Waals surface area contributed by atoms with Crippen molar-refractivity contribution in [2.45, 2.75) is 293 Å². The highest BCUT2D eigenvalue weighted by Gasteiger charge is 2.51. The fraction of sp³-hybridized carbons (Fsp3) is 0.940. The summed E-state index contributed by atoms with van der Waals surface area (Å²) in [5, 5.41) is 74.8. The van der Waals surface area contributed by atoms with Gasteiger partial charge >= 0.3 is 7.82 Å². The number of nitrogens with one attached hydrogen (secondary N) is 1. The minimum atomic E-state index is -5.12. The molecule has 14 heteroatoms. The van der Waals surface area contributed by atoms with Crippen LogP contribution in [0.2, 0.25) is 0 Å². The molecule has 64 heavy (non-hydrogen) atoms. The number of rotatable bonds is 44. The van der Waals surface area contributed by atoms with Crippen LogP contribution in [0, 0.1) is 0 Å². The molecule has 8 unspecified atom stereocenters. The Hall–Kier alpha value is -0.960. The van der Waals surface area contributed by atoms with Crippen LogP contribution in [-0.4, -0.2) is 108 Å². The molecule has 1 saturated carbocycles. The van der Waals surface area contributed by atoms with Crippen molar-refractivity contribution in [3.05, 3.63) is 12.2 Å². The van der Waals surface area contributed by atoms with Crippen molar-refractivity contribution in [3.8, 4) is 0 Å². The molecule has 0 bridgehead atoms. The molecule has 0 aromatic heterocycles. The number of hydrogen-bond donors (Lipinski definition) is 9. The maximum Gasteiger partial charge on any atom is 0.472 e. The Labute approximate surface area is 389 Å². The number of unbranched alkanes of at least 4 members (excludes halogenated alkanes) is 29. The first kappa shape index (κ1) is 61.1. The molecular formula is C50H98NO12P. The highest BCUT2D eigenvalue weighted by molar-refractivity contribution is 7.47. The van der Waals surface area contributed by atoms with E-state index in [1.807, 2.05) is 0 Å². The highest BCUT2D eigenvalue weighted by atomic mass is 31.2. The van der Waals surface area contributed by atoms with Gasteiger partial charge in [0.25, 0.3) is 0 Å². The normalized spacial score (nSPS) is 22.7. The topological polar surface area (TPSA) is 226 Å². The predicted molar refractivity (Wildman–Crippen MR) is 257 cm³/mol. The summed E-state index contributed by atoms with van der Waals surface area (Å²) in [6.45, 7) is 3.81. The second-order valence-electron chi connectivity index (χ2n) is 18.9. The third-order valence-electron chi connectivity index (χ3n) is 12.9. The Morgan fingerprint density at radius 2 is 0.875 bits per heavy atom. The van der Waals surface area contributed by atoms with E-state index in [0.717, 1.165) is 57.8 Å². The van der Waals surface area contributed by atoms with Crippen molar-refractivity contribution in [3.63, 3.8) is 0 Å². The molecule has 0 heterocycles. The van der Waals surface area contributed by atoms with Gasteiger partial charge in [-0.25, -0.2) is 4.57 Å². The summed E-state index contributed by atoms with van der Waals surface area (Å²) in [7, 11) is -5.12. The first-order valence-electron chi connectivity index (χ1n) is 26.2. The molecule has 13 nitrogen and oxygen atoms in total. The van der Waals surface area contributed by atoms with E-state index >= 15 is 0 Å². The number of phosphoric ester groups is 1. The van der Waals surface area contributed by atoms with Gasteiger partial charge in [-0.05, 0) is 38.5 Å². The van der Waals surface area contributed by atoms with E-state index in [4.69, 9.17) is 9.05 Å². The van der Waals surface area contributed by atoms with Crippen LogP contribution in [0.5, 0.6) is 0 Å². The zero-order valence-corrected chi connectivity index (χ0v) is 41.4. The molecule has 0 saturated heterocycles. The van der Waals surface area contributed by atoms with Gasteiger partial charge in [-0.2, -0.15) is 0 Å².